The van der Waals surface area contributed by atoms with Crippen molar-refractivity contribution in [3.05, 3.63) is 23.3 Å². The van der Waals surface area contributed by atoms with Gasteiger partial charge in [-0.05, 0) is 41.6 Å². The van der Waals surface area contributed by atoms with E-state index in [2.05, 4.69) is 26.9 Å². The van der Waals surface area contributed by atoms with E-state index < -0.39 is 18.9 Å². The molecule has 0 aliphatic heterocycles. The van der Waals surface area contributed by atoms with E-state index in [1.165, 1.54) is 5.56 Å². The van der Waals surface area contributed by atoms with Crippen molar-refractivity contribution < 1.29 is 13.0 Å². The first-order chi connectivity index (χ1) is 8.82. The smallest absolute Gasteiger partial charge is 0.282 e. The molecule has 1 aromatic carbocycles. The van der Waals surface area contributed by atoms with E-state index in [0.29, 0.717) is 0 Å². The molecule has 0 amide bonds. The zero-order chi connectivity index (χ0) is 14.6. The fourth-order valence-corrected chi connectivity index (χ4v) is 5.49. The minimum Gasteiger partial charge on any atom is -0.282 e. The second-order valence-electron chi connectivity index (χ2n) is 5.01. The van der Waals surface area contributed by atoms with E-state index >= 15 is 0 Å². The van der Waals surface area contributed by atoms with Crippen LogP contribution in [-0.4, -0.2) is 21.8 Å². The lowest BCUT2D eigenvalue weighted by atomic mass is 10.00. The lowest BCUT2D eigenvalue weighted by Crippen LogP contribution is -2.33. The lowest BCUT2D eigenvalue weighted by molar-refractivity contribution is 0.483. The van der Waals surface area contributed by atoms with Gasteiger partial charge in [0.15, 0.2) is 0 Å². The number of rotatable bonds is 6. The summed E-state index contributed by atoms with van der Waals surface area (Å²) in [7, 11) is -5.08. The molecule has 0 heterocycles. The minimum absolute atomic E-state index is 0.120. The molecule has 19 heavy (non-hydrogen) atoms. The summed E-state index contributed by atoms with van der Waals surface area (Å²) < 4.78 is 32.5. The van der Waals surface area contributed by atoms with Crippen molar-refractivity contribution in [2.24, 2.45) is 0 Å². The Morgan fingerprint density at radius 1 is 1.21 bits per heavy atom. The zero-order valence-electron chi connectivity index (χ0n) is 12.2. The molecular formula is C14H23O3SSi. The molecule has 0 aromatic heterocycles. The molecule has 1 aromatic rings. The minimum atomic E-state index is -4.13. The van der Waals surface area contributed by atoms with Crippen LogP contribution in [0.5, 0.6) is 0 Å². The van der Waals surface area contributed by atoms with Gasteiger partial charge >= 0.3 is 0 Å². The Labute approximate surface area is 118 Å². The molecule has 3 nitrogen and oxygen atoms in total. The van der Waals surface area contributed by atoms with Gasteiger partial charge in [0.05, 0.1) is 13.7 Å². The van der Waals surface area contributed by atoms with Gasteiger partial charge in [-0.25, -0.2) is 0 Å². The molecule has 0 spiro atoms. The molecule has 0 saturated heterocycles. The van der Waals surface area contributed by atoms with E-state index in [0.717, 1.165) is 36.4 Å². The number of unbranched alkanes of at least 4 members (excludes halogenated alkanes) is 1. The van der Waals surface area contributed by atoms with Gasteiger partial charge in [-0.2, -0.15) is 8.42 Å². The first-order valence-electron chi connectivity index (χ1n) is 6.75. The predicted octanol–water partition coefficient (Wildman–Crippen LogP) is 2.80. The van der Waals surface area contributed by atoms with E-state index in [9.17, 15) is 13.0 Å². The largest absolute Gasteiger partial charge is 0.294 e. The van der Waals surface area contributed by atoms with Crippen LogP contribution < -0.4 is 5.19 Å². The summed E-state index contributed by atoms with van der Waals surface area (Å²) in [6, 6.07) is 3.42. The first-order valence-corrected chi connectivity index (χ1v) is 10.7. The highest BCUT2D eigenvalue weighted by atomic mass is 32.2. The third kappa shape index (κ3) is 3.90. The van der Waals surface area contributed by atoms with Crippen LogP contribution >= 0.6 is 0 Å². The lowest BCUT2D eigenvalue weighted by Gasteiger charge is -2.19. The monoisotopic (exact) mass is 299 g/mol. The SMILES string of the molecule is CCCCc1c(CC)ccc(S(=O)(=O)O)c1[Si](C)C. The van der Waals surface area contributed by atoms with Gasteiger partial charge in [0, 0.05) is 0 Å². The maximum atomic E-state index is 11.6. The number of hydrogen-bond acceptors (Lipinski definition) is 2. The van der Waals surface area contributed by atoms with Gasteiger partial charge in [-0.3, -0.25) is 4.55 Å². The van der Waals surface area contributed by atoms with Crippen LogP contribution in [0.3, 0.4) is 0 Å². The Kier molecular flexibility index (Phi) is 5.76. The predicted molar refractivity (Wildman–Crippen MR) is 81.4 cm³/mol. The van der Waals surface area contributed by atoms with Crippen LogP contribution in [0.15, 0.2) is 17.0 Å². The molecule has 0 bridgehead atoms. The summed E-state index contributed by atoms with van der Waals surface area (Å²) in [6.45, 7) is 8.36. The van der Waals surface area contributed by atoms with Crippen molar-refractivity contribution in [2.45, 2.75) is 57.5 Å². The van der Waals surface area contributed by atoms with Crippen molar-refractivity contribution in [3.63, 3.8) is 0 Å². The molecule has 0 atom stereocenters. The Hall–Kier alpha value is -0.653. The number of aryl methyl sites for hydroxylation is 1. The molecule has 0 aliphatic rings. The molecule has 1 radical (unpaired) electrons. The van der Waals surface area contributed by atoms with Crippen molar-refractivity contribution in [1.82, 2.24) is 0 Å². The fourth-order valence-electron chi connectivity index (χ4n) is 2.40. The highest BCUT2D eigenvalue weighted by molar-refractivity contribution is 7.86. The maximum absolute atomic E-state index is 11.6. The van der Waals surface area contributed by atoms with Crippen LogP contribution in [0.25, 0.3) is 0 Å². The van der Waals surface area contributed by atoms with Crippen molar-refractivity contribution in [2.75, 3.05) is 0 Å². The van der Waals surface area contributed by atoms with Gasteiger partial charge in [-0.1, -0.05) is 39.4 Å². The Balaban J connectivity index is 3.53. The molecule has 0 saturated carbocycles. The summed E-state index contributed by atoms with van der Waals surface area (Å²) >= 11 is 0. The van der Waals surface area contributed by atoms with Crippen LogP contribution in [0.4, 0.5) is 0 Å². The molecule has 5 heteroatoms. The van der Waals surface area contributed by atoms with Crippen molar-refractivity contribution in [1.29, 1.82) is 0 Å². The van der Waals surface area contributed by atoms with E-state index in [4.69, 9.17) is 0 Å². The Morgan fingerprint density at radius 3 is 2.26 bits per heavy atom. The van der Waals surface area contributed by atoms with E-state index in [-0.39, 0.29) is 4.90 Å². The molecule has 0 fully saturated rings. The molecule has 107 valence electrons. The molecule has 1 rings (SSSR count). The second kappa shape index (κ2) is 6.68. The number of hydrogen-bond donors (Lipinski definition) is 1. The molecule has 0 unspecified atom stereocenters. The average molecular weight is 299 g/mol. The van der Waals surface area contributed by atoms with Crippen molar-refractivity contribution >= 4 is 24.1 Å². The third-order valence-corrected chi connectivity index (χ3v) is 5.96. The van der Waals surface area contributed by atoms with Crippen LogP contribution in [0.1, 0.15) is 37.8 Å². The molecular weight excluding hydrogens is 276 g/mol. The van der Waals surface area contributed by atoms with Gasteiger partial charge in [0.1, 0.15) is 0 Å². The Morgan fingerprint density at radius 2 is 1.84 bits per heavy atom. The summed E-state index contributed by atoms with van der Waals surface area (Å²) in [5.41, 5.74) is 2.36. The van der Waals surface area contributed by atoms with E-state index in [1.54, 1.807) is 6.07 Å². The Bertz CT molecular complexity index is 536. The standard InChI is InChI=1S/C14H23O3SSi/c1-5-7-8-12-11(6-2)9-10-13(18(15,16)17)14(12)19(3)4/h9-10H,5-8H2,1-4H3,(H,15,16,17). The van der Waals surface area contributed by atoms with Gasteiger partial charge in [0.25, 0.3) is 10.1 Å². The zero-order valence-corrected chi connectivity index (χ0v) is 14.0. The molecule has 0 aliphatic carbocycles. The summed E-state index contributed by atoms with van der Waals surface area (Å²) in [5.74, 6) is 0. The summed E-state index contributed by atoms with van der Waals surface area (Å²) in [4.78, 5) is 0.120. The fraction of sp³-hybridized carbons (Fsp3) is 0.571. The van der Waals surface area contributed by atoms with Crippen LogP contribution in [-0.2, 0) is 23.0 Å². The number of benzene rings is 1. The topological polar surface area (TPSA) is 54.4 Å². The average Bonchev–Trinajstić information content (AvgIpc) is 2.33. The van der Waals surface area contributed by atoms with Gasteiger partial charge < -0.3 is 0 Å². The van der Waals surface area contributed by atoms with E-state index in [1.807, 2.05) is 6.07 Å². The third-order valence-electron chi connectivity index (χ3n) is 3.31. The summed E-state index contributed by atoms with van der Waals surface area (Å²) in [6.07, 6.45) is 3.92. The summed E-state index contributed by atoms with van der Waals surface area (Å²) in [5, 5.41) is 0.889. The molecule has 1 N–H and O–H groups in total. The quantitative estimate of drug-likeness (QED) is 0.649. The maximum Gasteiger partial charge on any atom is 0.294 e. The highest BCUT2D eigenvalue weighted by Gasteiger charge is 2.22. The normalized spacial score (nSPS) is 12.1. The van der Waals surface area contributed by atoms with Crippen LogP contribution in [0, 0.1) is 0 Å². The van der Waals surface area contributed by atoms with Crippen molar-refractivity contribution in [3.8, 4) is 0 Å². The first kappa shape index (κ1) is 16.4. The highest BCUT2D eigenvalue weighted by Crippen LogP contribution is 2.18. The van der Waals surface area contributed by atoms with Gasteiger partial charge in [0.2, 0.25) is 0 Å². The second-order valence-corrected chi connectivity index (χ2v) is 8.90. The van der Waals surface area contributed by atoms with Crippen LogP contribution in [0.2, 0.25) is 13.1 Å². The van der Waals surface area contributed by atoms with Gasteiger partial charge in [-0.15, -0.1) is 0 Å².